The Hall–Kier alpha value is -4.28. The molecule has 0 aromatic heterocycles. The average Bonchev–Trinajstić information content (AvgIpc) is 3.37. The molecule has 1 aliphatic carbocycles. The van der Waals surface area contributed by atoms with Crippen molar-refractivity contribution in [2.75, 3.05) is 26.3 Å². The zero-order valence-electron chi connectivity index (χ0n) is 25.9. The van der Waals surface area contributed by atoms with Gasteiger partial charge in [-0.15, -0.1) is 0 Å². The van der Waals surface area contributed by atoms with Crippen molar-refractivity contribution in [3.63, 3.8) is 0 Å². The van der Waals surface area contributed by atoms with Crippen LogP contribution in [0.2, 0.25) is 10.0 Å². The van der Waals surface area contributed by atoms with Gasteiger partial charge in [-0.1, -0.05) is 78.2 Å². The zero-order valence-corrected chi connectivity index (χ0v) is 27.4. The molecule has 0 spiro atoms. The fraction of sp³-hybridized carbons (Fsp3) is 0.371. The van der Waals surface area contributed by atoms with Gasteiger partial charge in [-0.05, 0) is 72.6 Å². The van der Waals surface area contributed by atoms with Crippen molar-refractivity contribution in [1.82, 2.24) is 16.0 Å². The van der Waals surface area contributed by atoms with Gasteiger partial charge in [0.2, 0.25) is 5.91 Å². The van der Waals surface area contributed by atoms with Gasteiger partial charge in [-0.3, -0.25) is 9.59 Å². The van der Waals surface area contributed by atoms with E-state index in [4.69, 9.17) is 32.7 Å². The number of fused-ring (bicyclic) bond motifs is 3. The lowest BCUT2D eigenvalue weighted by molar-refractivity contribution is -0.139. The molecule has 0 saturated carbocycles. The standard InChI is InChI=1S/C35H39Cl2N3O7/c36-23-16-17-31(29(37)20-23)46-22-33(42)39-18-8-1-2-15-32(41)38-19-9-7-14-30(34(43)44)40-35(45)47-21-28-26-12-5-3-10-24(26)25-11-4-6-13-27(25)28/h3-6,10-13,16-17,20,28,30H,1-2,7-9,14-15,18-19,21-22H2,(H,38,41)(H,39,42)(H,40,45)(H,43,44). The summed E-state index contributed by atoms with van der Waals surface area (Å²) in [4.78, 5) is 48.4. The zero-order chi connectivity index (χ0) is 33.6. The molecule has 3 aromatic carbocycles. The number of carboxylic acids is 1. The molecule has 1 aliphatic rings. The molecule has 3 amide bonds. The third-order valence-corrected chi connectivity index (χ3v) is 8.36. The molecular formula is C35H39Cl2N3O7. The Bertz CT molecular complexity index is 1510. The smallest absolute Gasteiger partial charge is 0.407 e. The lowest BCUT2D eigenvalue weighted by Crippen LogP contribution is -2.41. The van der Waals surface area contributed by atoms with Crippen LogP contribution in [0.3, 0.4) is 0 Å². The predicted octanol–water partition coefficient (Wildman–Crippen LogP) is 6.33. The van der Waals surface area contributed by atoms with Crippen LogP contribution in [0.1, 0.15) is 62.0 Å². The number of benzene rings is 3. The average molecular weight is 685 g/mol. The van der Waals surface area contributed by atoms with Crippen LogP contribution in [-0.4, -0.2) is 61.3 Å². The summed E-state index contributed by atoms with van der Waals surface area (Å²) in [5, 5.41) is 18.5. The van der Waals surface area contributed by atoms with Gasteiger partial charge in [0.1, 0.15) is 18.4 Å². The Labute approximate surface area is 284 Å². The summed E-state index contributed by atoms with van der Waals surface area (Å²) in [6.07, 6.45) is 3.00. The van der Waals surface area contributed by atoms with E-state index < -0.39 is 18.1 Å². The molecule has 3 aromatic rings. The molecule has 0 saturated heterocycles. The Kier molecular flexibility index (Phi) is 13.7. The topological polar surface area (TPSA) is 143 Å². The third-order valence-electron chi connectivity index (χ3n) is 7.83. The lowest BCUT2D eigenvalue weighted by atomic mass is 9.98. The van der Waals surface area contributed by atoms with Crippen molar-refractivity contribution in [1.29, 1.82) is 0 Å². The Morgan fingerprint density at radius 3 is 2.09 bits per heavy atom. The summed E-state index contributed by atoms with van der Waals surface area (Å²) < 4.78 is 10.9. The van der Waals surface area contributed by atoms with E-state index in [9.17, 15) is 24.3 Å². The van der Waals surface area contributed by atoms with E-state index >= 15 is 0 Å². The van der Waals surface area contributed by atoms with Crippen molar-refractivity contribution < 1.29 is 33.8 Å². The van der Waals surface area contributed by atoms with Crippen molar-refractivity contribution >= 4 is 47.1 Å². The normalized spacial score (nSPS) is 12.4. The van der Waals surface area contributed by atoms with E-state index in [0.29, 0.717) is 61.0 Å². The number of aliphatic carboxylic acids is 1. The molecule has 0 heterocycles. The first-order valence-electron chi connectivity index (χ1n) is 15.7. The van der Waals surface area contributed by atoms with E-state index in [-0.39, 0.29) is 37.4 Å². The van der Waals surface area contributed by atoms with E-state index in [1.54, 1.807) is 12.1 Å². The molecule has 47 heavy (non-hydrogen) atoms. The first-order valence-corrected chi connectivity index (χ1v) is 16.4. The molecule has 0 radical (unpaired) electrons. The molecule has 0 aliphatic heterocycles. The number of amides is 3. The van der Waals surface area contributed by atoms with Crippen molar-refractivity contribution in [2.45, 2.75) is 56.9 Å². The highest BCUT2D eigenvalue weighted by Crippen LogP contribution is 2.44. The largest absolute Gasteiger partial charge is 0.482 e. The van der Waals surface area contributed by atoms with Gasteiger partial charge in [0.05, 0.1) is 5.02 Å². The number of alkyl carbamates (subject to hydrolysis) is 1. The van der Waals surface area contributed by atoms with Crippen LogP contribution in [0.5, 0.6) is 5.75 Å². The number of unbranched alkanes of at least 4 members (excludes halogenated alkanes) is 3. The summed E-state index contributed by atoms with van der Waals surface area (Å²) in [6, 6.07) is 19.6. The first-order chi connectivity index (χ1) is 22.7. The van der Waals surface area contributed by atoms with E-state index in [1.807, 2.05) is 48.5 Å². The molecule has 250 valence electrons. The van der Waals surface area contributed by atoms with E-state index in [1.165, 1.54) is 6.07 Å². The first kappa shape index (κ1) is 35.6. The third kappa shape index (κ3) is 10.9. The van der Waals surface area contributed by atoms with Gasteiger partial charge in [0.15, 0.2) is 6.61 Å². The molecule has 12 heteroatoms. The molecule has 4 N–H and O–H groups in total. The molecule has 1 unspecified atom stereocenters. The lowest BCUT2D eigenvalue weighted by Gasteiger charge is -2.17. The fourth-order valence-corrected chi connectivity index (χ4v) is 5.89. The van der Waals surface area contributed by atoms with Crippen LogP contribution < -0.4 is 20.7 Å². The summed E-state index contributed by atoms with van der Waals surface area (Å²) in [6.45, 7) is 0.807. The van der Waals surface area contributed by atoms with Crippen LogP contribution in [-0.2, 0) is 19.1 Å². The van der Waals surface area contributed by atoms with Crippen LogP contribution >= 0.6 is 23.2 Å². The van der Waals surface area contributed by atoms with Crippen LogP contribution in [0.25, 0.3) is 11.1 Å². The van der Waals surface area contributed by atoms with Crippen molar-refractivity contribution in [2.24, 2.45) is 0 Å². The minimum Gasteiger partial charge on any atom is -0.482 e. The number of nitrogens with one attached hydrogen (secondary N) is 3. The quantitative estimate of drug-likeness (QED) is 0.115. The van der Waals surface area contributed by atoms with E-state index in [2.05, 4.69) is 16.0 Å². The second-order valence-electron chi connectivity index (χ2n) is 11.2. The van der Waals surface area contributed by atoms with Crippen molar-refractivity contribution in [3.05, 3.63) is 87.9 Å². The Morgan fingerprint density at radius 2 is 1.43 bits per heavy atom. The van der Waals surface area contributed by atoms with Crippen molar-refractivity contribution in [3.8, 4) is 16.9 Å². The fourth-order valence-electron chi connectivity index (χ4n) is 5.43. The highest BCUT2D eigenvalue weighted by molar-refractivity contribution is 6.35. The van der Waals surface area contributed by atoms with Gasteiger partial charge in [0.25, 0.3) is 5.91 Å². The van der Waals surface area contributed by atoms with Crippen LogP contribution in [0, 0.1) is 0 Å². The highest BCUT2D eigenvalue weighted by atomic mass is 35.5. The second-order valence-corrected chi connectivity index (χ2v) is 12.1. The monoisotopic (exact) mass is 683 g/mol. The molecule has 10 nitrogen and oxygen atoms in total. The number of carbonyl (C=O) groups is 4. The molecular weight excluding hydrogens is 645 g/mol. The predicted molar refractivity (Wildman–Crippen MR) is 180 cm³/mol. The second kappa shape index (κ2) is 18.2. The van der Waals surface area contributed by atoms with Gasteiger partial charge in [0, 0.05) is 30.5 Å². The Balaban J connectivity index is 1.03. The highest BCUT2D eigenvalue weighted by Gasteiger charge is 2.29. The maximum absolute atomic E-state index is 12.5. The summed E-state index contributed by atoms with van der Waals surface area (Å²) in [5.74, 6) is -1.24. The minimum absolute atomic E-state index is 0.0891. The number of rotatable bonds is 18. The number of halogens is 2. The van der Waals surface area contributed by atoms with Crippen LogP contribution in [0.4, 0.5) is 4.79 Å². The molecule has 0 fully saturated rings. The minimum atomic E-state index is -1.14. The number of ether oxygens (including phenoxy) is 2. The Morgan fingerprint density at radius 1 is 0.787 bits per heavy atom. The number of hydrogen-bond acceptors (Lipinski definition) is 6. The molecule has 1 atom stereocenters. The number of carbonyl (C=O) groups excluding carboxylic acids is 3. The molecule has 0 bridgehead atoms. The van der Waals surface area contributed by atoms with Gasteiger partial charge < -0.3 is 30.5 Å². The number of hydrogen-bond donors (Lipinski definition) is 4. The maximum atomic E-state index is 12.5. The van der Waals surface area contributed by atoms with Gasteiger partial charge in [-0.25, -0.2) is 9.59 Å². The van der Waals surface area contributed by atoms with E-state index in [0.717, 1.165) is 28.7 Å². The summed E-state index contributed by atoms with van der Waals surface area (Å²) in [7, 11) is 0. The molecule has 4 rings (SSSR count). The summed E-state index contributed by atoms with van der Waals surface area (Å²) in [5.41, 5.74) is 4.37. The SMILES string of the molecule is O=C(CCCCCNC(=O)COc1ccc(Cl)cc1Cl)NCCCCC(NC(=O)OCC1c2ccccc2-c2ccccc21)C(=O)O. The van der Waals surface area contributed by atoms with Gasteiger partial charge in [-0.2, -0.15) is 0 Å². The number of carboxylic acid groups (broad SMARTS) is 1. The maximum Gasteiger partial charge on any atom is 0.407 e. The summed E-state index contributed by atoms with van der Waals surface area (Å²) >= 11 is 11.9. The van der Waals surface area contributed by atoms with Gasteiger partial charge >= 0.3 is 12.1 Å². The van der Waals surface area contributed by atoms with Crippen LogP contribution in [0.15, 0.2) is 66.7 Å².